The summed E-state index contributed by atoms with van der Waals surface area (Å²) in [5.74, 6) is 0. The van der Waals surface area contributed by atoms with E-state index in [1.807, 2.05) is 0 Å². The van der Waals surface area contributed by atoms with Crippen molar-refractivity contribution in [3.05, 3.63) is 85.5 Å². The number of benzene rings is 2. The van der Waals surface area contributed by atoms with Crippen LogP contribution in [0.2, 0.25) is 9.79 Å². The predicted octanol–water partition coefficient (Wildman–Crippen LogP) is 14.1. The van der Waals surface area contributed by atoms with E-state index in [-0.39, 0.29) is 0 Å². The molecule has 0 amide bonds. The SMILES string of the molecule is CCCCC1=C(c2cc(CC)c(CC)c(CC)c2)[N+](=[N-])C(c2cc(CC)c(CC)c(CC)c2)=C1CCCC.CCC[CH2][Pd][CH2]CCC. The molecule has 0 aromatic heterocycles. The molecule has 0 atom stereocenters. The molecule has 0 bridgehead atoms. The van der Waals surface area contributed by atoms with Crippen molar-refractivity contribution in [2.24, 2.45) is 0 Å². The summed E-state index contributed by atoms with van der Waals surface area (Å²) < 4.78 is 1.59. The summed E-state index contributed by atoms with van der Waals surface area (Å²) in [4.78, 5) is 3.01. The van der Waals surface area contributed by atoms with Crippen LogP contribution in [-0.4, -0.2) is 4.70 Å². The van der Waals surface area contributed by atoms with Crippen LogP contribution in [0.1, 0.15) is 178 Å². The van der Waals surface area contributed by atoms with E-state index in [1.165, 1.54) is 91.1 Å². The standard InChI is InChI=1S/C36H52N2.2C4H9.Pd/c1-9-17-19-33-34(20-18-10-2)36(30-23-27(13-5)32(16-8)28(14-6)24-30)38(37)35(33)29-21-25(11-3)31(15-7)26(12-4)22-29;2*1-3-4-2;/h21-24H,9-20H2,1-8H3;2*1,3-4H2,2H3;. The number of rotatable bonds is 20. The number of aryl methyl sites for hydroxylation is 4. The summed E-state index contributed by atoms with van der Waals surface area (Å²) in [5, 5.41) is 0. The summed E-state index contributed by atoms with van der Waals surface area (Å²) in [6.45, 7) is 22.7. The van der Waals surface area contributed by atoms with Crippen LogP contribution in [0.15, 0.2) is 35.4 Å². The molecule has 0 radical (unpaired) electrons. The Morgan fingerprint density at radius 2 is 0.787 bits per heavy atom. The number of nitrogens with zero attached hydrogens (tertiary/aromatic N) is 2. The molecule has 1 aliphatic heterocycles. The fourth-order valence-corrected chi connectivity index (χ4v) is 9.26. The molecule has 0 fully saturated rings. The normalized spacial score (nSPS) is 13.2. The van der Waals surface area contributed by atoms with Gasteiger partial charge in [0.05, 0.1) is 0 Å². The van der Waals surface area contributed by atoms with Crippen molar-refractivity contribution < 1.29 is 22.7 Å². The molecule has 1 aliphatic rings. The van der Waals surface area contributed by atoms with E-state index in [1.54, 1.807) is 4.70 Å². The van der Waals surface area contributed by atoms with E-state index >= 15 is 0 Å². The molecule has 0 saturated heterocycles. The van der Waals surface area contributed by atoms with Crippen molar-refractivity contribution in [2.75, 3.05) is 0 Å². The van der Waals surface area contributed by atoms with Crippen molar-refractivity contribution in [2.45, 2.75) is 182 Å². The Kier molecular flexibility index (Phi) is 20.0. The van der Waals surface area contributed by atoms with E-state index in [9.17, 15) is 5.53 Å². The van der Waals surface area contributed by atoms with E-state index in [0.29, 0.717) is 0 Å². The molecule has 2 nitrogen and oxygen atoms in total. The Labute approximate surface area is 300 Å². The zero-order valence-corrected chi connectivity index (χ0v) is 33.8. The molecular formula is C44H70N2Pd. The van der Waals surface area contributed by atoms with E-state index < -0.39 is 0 Å². The Bertz CT molecular complexity index is 1180. The molecule has 2 aromatic carbocycles. The molecule has 0 aliphatic carbocycles. The van der Waals surface area contributed by atoms with Crippen LogP contribution in [0.4, 0.5) is 0 Å². The van der Waals surface area contributed by atoms with E-state index in [0.717, 1.165) is 106 Å². The molecule has 0 unspecified atom stereocenters. The van der Waals surface area contributed by atoms with Crippen molar-refractivity contribution in [1.29, 1.82) is 0 Å². The molecule has 3 heteroatoms. The summed E-state index contributed by atoms with van der Waals surface area (Å²) in [7, 11) is 0. The van der Waals surface area contributed by atoms with Crippen molar-refractivity contribution in [3.8, 4) is 0 Å². The number of hydrogen-bond donors (Lipinski definition) is 0. The minimum absolute atomic E-state index is 1.01. The summed E-state index contributed by atoms with van der Waals surface area (Å²) in [5.41, 5.74) is 28.0. The first-order chi connectivity index (χ1) is 22.8. The summed E-state index contributed by atoms with van der Waals surface area (Å²) in [6, 6.07) is 9.49. The van der Waals surface area contributed by atoms with Gasteiger partial charge in [0.2, 0.25) is 11.4 Å². The molecule has 0 N–H and O–H groups in total. The van der Waals surface area contributed by atoms with Crippen LogP contribution in [0, 0.1) is 0 Å². The average molecular weight is 733 g/mol. The first-order valence-electron chi connectivity index (χ1n) is 19.6. The summed E-state index contributed by atoms with van der Waals surface area (Å²) in [6.07, 6.45) is 18.5. The van der Waals surface area contributed by atoms with Gasteiger partial charge in [-0.1, -0.05) is 68.2 Å². The van der Waals surface area contributed by atoms with Gasteiger partial charge < -0.3 is 5.53 Å². The number of unbranched alkanes of at least 4 members (excludes halogenated alkanes) is 4. The van der Waals surface area contributed by atoms with Crippen molar-refractivity contribution >= 4 is 11.4 Å². The molecule has 1 heterocycles. The van der Waals surface area contributed by atoms with Gasteiger partial charge in [0, 0.05) is 22.3 Å². The minimum atomic E-state index is 1.01. The molecule has 0 spiro atoms. The van der Waals surface area contributed by atoms with Crippen molar-refractivity contribution in [1.82, 2.24) is 0 Å². The Hall–Kier alpha value is -1.82. The maximum absolute atomic E-state index is 12.1. The molecule has 3 rings (SSSR count). The zero-order chi connectivity index (χ0) is 34.8. The first-order valence-corrected chi connectivity index (χ1v) is 21.8. The van der Waals surface area contributed by atoms with Crippen molar-refractivity contribution in [3.63, 3.8) is 0 Å². The topological polar surface area (TPSA) is 25.3 Å². The average Bonchev–Trinajstić information content (AvgIpc) is 3.38. The van der Waals surface area contributed by atoms with Crippen LogP contribution in [0.25, 0.3) is 16.9 Å². The molecule has 266 valence electrons. The second kappa shape index (κ2) is 22.7. The second-order valence-electron chi connectivity index (χ2n) is 13.0. The molecule has 0 saturated carbocycles. The van der Waals surface area contributed by atoms with Gasteiger partial charge in [0.15, 0.2) is 0 Å². The van der Waals surface area contributed by atoms with Gasteiger partial charge in [0.1, 0.15) is 0 Å². The van der Waals surface area contributed by atoms with Crippen LogP contribution in [-0.2, 0) is 56.5 Å². The van der Waals surface area contributed by atoms with Crippen LogP contribution in [0.5, 0.6) is 0 Å². The third kappa shape index (κ3) is 11.1. The molecular weight excluding hydrogens is 663 g/mol. The Morgan fingerprint density at radius 1 is 0.468 bits per heavy atom. The predicted molar refractivity (Wildman–Crippen MR) is 205 cm³/mol. The van der Waals surface area contributed by atoms with Gasteiger partial charge in [-0.25, -0.2) is 4.70 Å². The van der Waals surface area contributed by atoms with Gasteiger partial charge in [-0.15, -0.1) is 0 Å². The van der Waals surface area contributed by atoms with Gasteiger partial charge in [0.25, 0.3) is 0 Å². The molecule has 47 heavy (non-hydrogen) atoms. The fourth-order valence-electron chi connectivity index (χ4n) is 6.99. The quantitative estimate of drug-likeness (QED) is 0.0736. The Morgan fingerprint density at radius 3 is 1.04 bits per heavy atom. The van der Waals surface area contributed by atoms with Crippen LogP contribution < -0.4 is 0 Å². The van der Waals surface area contributed by atoms with Gasteiger partial charge in [-0.05, 0) is 122 Å². The monoisotopic (exact) mass is 732 g/mol. The van der Waals surface area contributed by atoms with E-state index in [4.69, 9.17) is 0 Å². The Balaban J connectivity index is 0.000000745. The number of allylic oxidation sites excluding steroid dienone is 2. The maximum atomic E-state index is 12.1. The van der Waals surface area contributed by atoms with E-state index in [2.05, 4.69) is 93.5 Å². The second-order valence-corrected chi connectivity index (χ2v) is 15.4. The van der Waals surface area contributed by atoms with Crippen LogP contribution >= 0.6 is 0 Å². The fraction of sp³-hybridized carbons (Fsp3) is 0.636. The van der Waals surface area contributed by atoms with Crippen LogP contribution in [0.3, 0.4) is 0 Å². The third-order valence-electron chi connectivity index (χ3n) is 9.72. The third-order valence-corrected chi connectivity index (χ3v) is 11.9. The van der Waals surface area contributed by atoms with Gasteiger partial charge >= 0.3 is 67.3 Å². The molecule has 2 aromatic rings. The number of hydrogen-bond acceptors (Lipinski definition) is 0. The van der Waals surface area contributed by atoms with Gasteiger partial charge in [-0.3, -0.25) is 0 Å². The summed E-state index contributed by atoms with van der Waals surface area (Å²) >= 11 is 1.07. The van der Waals surface area contributed by atoms with Gasteiger partial charge in [-0.2, -0.15) is 0 Å². The zero-order valence-electron chi connectivity index (χ0n) is 32.2. The first kappa shape index (κ1) is 41.4.